The summed E-state index contributed by atoms with van der Waals surface area (Å²) < 4.78 is 2.43. The highest BCUT2D eigenvalue weighted by molar-refractivity contribution is 5.91. The van der Waals surface area contributed by atoms with Crippen molar-refractivity contribution in [2.24, 2.45) is 7.05 Å². The first-order valence-corrected chi connectivity index (χ1v) is 6.87. The fourth-order valence-electron chi connectivity index (χ4n) is 3.54. The summed E-state index contributed by atoms with van der Waals surface area (Å²) in [7, 11) is 4.31. The number of likely N-dealkylation sites (N-methyl/N-ethyl adjacent to an activating group) is 1. The molecule has 1 aliphatic carbocycles. The van der Waals surface area contributed by atoms with Crippen LogP contribution in [-0.4, -0.2) is 17.7 Å². The molecule has 0 spiro atoms. The molecule has 0 aliphatic heterocycles. The second kappa shape index (κ2) is 4.13. The van der Waals surface area contributed by atoms with Crippen molar-refractivity contribution in [3.05, 3.63) is 34.5 Å². The monoisotopic (exact) mass is 242 g/mol. The van der Waals surface area contributed by atoms with E-state index >= 15 is 0 Å². The third kappa shape index (κ3) is 1.52. The summed E-state index contributed by atoms with van der Waals surface area (Å²) >= 11 is 0. The van der Waals surface area contributed by atoms with E-state index in [2.05, 4.69) is 50.0 Å². The Labute approximate surface area is 109 Å². The van der Waals surface area contributed by atoms with Gasteiger partial charge in [-0.25, -0.2) is 0 Å². The molecule has 0 radical (unpaired) electrons. The van der Waals surface area contributed by atoms with Gasteiger partial charge in [-0.15, -0.1) is 0 Å². The predicted octanol–water partition coefficient (Wildman–Crippen LogP) is 2.87. The fourth-order valence-corrected chi connectivity index (χ4v) is 3.54. The number of hydrogen-bond donors (Lipinski definition) is 1. The highest BCUT2D eigenvalue weighted by atomic mass is 15.0. The third-order valence-corrected chi connectivity index (χ3v) is 4.57. The number of rotatable bonds is 1. The molecule has 1 atom stereocenters. The Hall–Kier alpha value is -1.28. The number of nitrogens with one attached hydrogen (secondary N) is 1. The van der Waals surface area contributed by atoms with Crippen LogP contribution in [0, 0.1) is 13.8 Å². The molecule has 1 N–H and O–H groups in total. The Kier molecular flexibility index (Phi) is 2.70. The van der Waals surface area contributed by atoms with Crippen LogP contribution in [0.5, 0.6) is 0 Å². The minimum Gasteiger partial charge on any atom is -0.347 e. The maximum Gasteiger partial charge on any atom is 0.0515 e. The second-order valence-electron chi connectivity index (χ2n) is 5.64. The molecular weight excluding hydrogens is 220 g/mol. The van der Waals surface area contributed by atoms with Crippen LogP contribution in [0.3, 0.4) is 0 Å². The van der Waals surface area contributed by atoms with Crippen LogP contribution in [0.25, 0.3) is 10.9 Å². The van der Waals surface area contributed by atoms with Crippen LogP contribution >= 0.6 is 0 Å². The normalized spacial score (nSPS) is 19.2. The first kappa shape index (κ1) is 11.8. The van der Waals surface area contributed by atoms with Crippen LogP contribution in [0.4, 0.5) is 0 Å². The Balaban J connectivity index is 2.32. The molecule has 3 rings (SSSR count). The summed E-state index contributed by atoms with van der Waals surface area (Å²) in [4.78, 5) is 0. The number of aryl methyl sites for hydroxylation is 3. The van der Waals surface area contributed by atoms with Gasteiger partial charge in [0.15, 0.2) is 0 Å². The molecule has 2 heteroatoms. The van der Waals surface area contributed by atoms with E-state index < -0.39 is 0 Å². The Bertz CT molecular complexity index is 607. The van der Waals surface area contributed by atoms with Crippen LogP contribution in [0.2, 0.25) is 0 Å². The van der Waals surface area contributed by atoms with Gasteiger partial charge in [-0.2, -0.15) is 0 Å². The zero-order valence-electron chi connectivity index (χ0n) is 11.8. The van der Waals surface area contributed by atoms with E-state index in [4.69, 9.17) is 0 Å². The fraction of sp³-hybridized carbons (Fsp3) is 0.500. The largest absolute Gasteiger partial charge is 0.347 e. The van der Waals surface area contributed by atoms with Crippen molar-refractivity contribution < 1.29 is 0 Å². The molecule has 0 amide bonds. The molecule has 0 fully saturated rings. The number of fused-ring (bicyclic) bond motifs is 3. The molecular formula is C16H22N2. The first-order valence-electron chi connectivity index (χ1n) is 6.87. The molecule has 0 bridgehead atoms. The van der Waals surface area contributed by atoms with Crippen molar-refractivity contribution in [2.45, 2.75) is 39.2 Å². The summed E-state index contributed by atoms with van der Waals surface area (Å²) in [5.74, 6) is 0. The lowest BCUT2D eigenvalue weighted by Crippen LogP contribution is -2.31. The van der Waals surface area contributed by atoms with Gasteiger partial charge in [-0.05, 0) is 56.8 Å². The predicted molar refractivity (Wildman–Crippen MR) is 77.3 cm³/mol. The molecule has 0 saturated heterocycles. The molecule has 96 valence electrons. The topological polar surface area (TPSA) is 17.0 Å². The molecule has 2 aromatic rings. The quantitative estimate of drug-likeness (QED) is 0.813. The second-order valence-corrected chi connectivity index (χ2v) is 5.64. The lowest BCUT2D eigenvalue weighted by molar-refractivity contribution is 0.488. The molecule has 1 heterocycles. The molecule has 2 nitrogen and oxygen atoms in total. The van der Waals surface area contributed by atoms with Gasteiger partial charge in [0.2, 0.25) is 0 Å². The SMILES string of the molecule is CNC1CCc2c(c3c(C)ccc(C)c3n2C)C1. The molecule has 1 aliphatic rings. The van der Waals surface area contributed by atoms with Crippen molar-refractivity contribution in [3.8, 4) is 0 Å². The van der Waals surface area contributed by atoms with Gasteiger partial charge < -0.3 is 9.88 Å². The van der Waals surface area contributed by atoms with E-state index in [9.17, 15) is 0 Å². The molecule has 18 heavy (non-hydrogen) atoms. The summed E-state index contributed by atoms with van der Waals surface area (Å²) in [6.45, 7) is 4.47. The highest BCUT2D eigenvalue weighted by Gasteiger charge is 2.24. The highest BCUT2D eigenvalue weighted by Crippen LogP contribution is 2.34. The van der Waals surface area contributed by atoms with Crippen molar-refractivity contribution in [1.29, 1.82) is 0 Å². The van der Waals surface area contributed by atoms with E-state index in [1.165, 1.54) is 41.3 Å². The van der Waals surface area contributed by atoms with Gasteiger partial charge in [0, 0.05) is 24.2 Å². The van der Waals surface area contributed by atoms with Crippen LogP contribution in [0.15, 0.2) is 12.1 Å². The van der Waals surface area contributed by atoms with Crippen molar-refractivity contribution in [1.82, 2.24) is 9.88 Å². The van der Waals surface area contributed by atoms with Gasteiger partial charge in [0.1, 0.15) is 0 Å². The zero-order chi connectivity index (χ0) is 12.9. The summed E-state index contributed by atoms with van der Waals surface area (Å²) in [6, 6.07) is 5.16. The molecule has 0 saturated carbocycles. The maximum atomic E-state index is 3.44. The number of aromatic nitrogens is 1. The van der Waals surface area contributed by atoms with Gasteiger partial charge >= 0.3 is 0 Å². The Morgan fingerprint density at radius 1 is 1.22 bits per heavy atom. The minimum absolute atomic E-state index is 0.642. The third-order valence-electron chi connectivity index (χ3n) is 4.57. The van der Waals surface area contributed by atoms with Gasteiger partial charge in [-0.1, -0.05) is 12.1 Å². The van der Waals surface area contributed by atoms with Gasteiger partial charge in [0.25, 0.3) is 0 Å². The lowest BCUT2D eigenvalue weighted by Gasteiger charge is -2.23. The average Bonchev–Trinajstić information content (AvgIpc) is 2.68. The molecule has 1 unspecified atom stereocenters. The van der Waals surface area contributed by atoms with E-state index in [1.807, 2.05) is 0 Å². The summed E-state index contributed by atoms with van der Waals surface area (Å²) in [6.07, 6.45) is 3.63. The maximum absolute atomic E-state index is 3.44. The van der Waals surface area contributed by atoms with Crippen LogP contribution < -0.4 is 5.32 Å². The van der Waals surface area contributed by atoms with Crippen molar-refractivity contribution in [2.75, 3.05) is 7.05 Å². The van der Waals surface area contributed by atoms with E-state index in [0.717, 1.165) is 0 Å². The van der Waals surface area contributed by atoms with Gasteiger partial charge in [-0.3, -0.25) is 0 Å². The Morgan fingerprint density at radius 3 is 2.67 bits per heavy atom. The van der Waals surface area contributed by atoms with E-state index in [-0.39, 0.29) is 0 Å². The summed E-state index contributed by atoms with van der Waals surface area (Å²) in [5.41, 5.74) is 7.39. The Morgan fingerprint density at radius 2 is 1.94 bits per heavy atom. The molecule has 1 aromatic heterocycles. The van der Waals surface area contributed by atoms with Gasteiger partial charge in [0.05, 0.1) is 5.52 Å². The minimum atomic E-state index is 0.642. The molecule has 1 aromatic carbocycles. The van der Waals surface area contributed by atoms with Crippen LogP contribution in [-0.2, 0) is 19.9 Å². The van der Waals surface area contributed by atoms with Crippen molar-refractivity contribution in [3.63, 3.8) is 0 Å². The summed E-state index contributed by atoms with van der Waals surface area (Å²) in [5, 5.41) is 4.95. The van der Waals surface area contributed by atoms with E-state index in [1.54, 1.807) is 11.3 Å². The van der Waals surface area contributed by atoms with Crippen molar-refractivity contribution >= 4 is 10.9 Å². The number of hydrogen-bond acceptors (Lipinski definition) is 1. The number of nitrogens with zero attached hydrogens (tertiary/aromatic N) is 1. The zero-order valence-corrected chi connectivity index (χ0v) is 11.8. The van der Waals surface area contributed by atoms with Crippen LogP contribution in [0.1, 0.15) is 28.8 Å². The van der Waals surface area contributed by atoms with E-state index in [0.29, 0.717) is 6.04 Å². The first-order chi connectivity index (χ1) is 8.63. The standard InChI is InChI=1S/C16H22N2/c1-10-5-6-11(2)16-15(10)13-9-12(17-3)7-8-14(13)18(16)4/h5-6,12,17H,7-9H2,1-4H3. The lowest BCUT2D eigenvalue weighted by atomic mass is 9.90. The average molecular weight is 242 g/mol. The smallest absolute Gasteiger partial charge is 0.0515 e. The number of benzene rings is 1.